The van der Waals surface area contributed by atoms with Crippen molar-refractivity contribution < 1.29 is 8.42 Å². The fraction of sp³-hybridized carbons (Fsp3) is 0.400. The summed E-state index contributed by atoms with van der Waals surface area (Å²) < 4.78 is 25.3. The lowest BCUT2D eigenvalue weighted by Crippen LogP contribution is -2.34. The van der Waals surface area contributed by atoms with E-state index in [0.29, 0.717) is 0 Å². The number of halogens is 1. The second-order valence-corrected chi connectivity index (χ2v) is 5.93. The lowest BCUT2D eigenvalue weighted by molar-refractivity contribution is 0.393. The van der Waals surface area contributed by atoms with Crippen LogP contribution in [0.1, 0.15) is 13.3 Å². The molecule has 92 valence electrons. The molecule has 0 saturated carbocycles. The van der Waals surface area contributed by atoms with E-state index in [1.165, 1.54) is 25.4 Å². The SMILES string of the molecule is CC(CC#N)N(C)S(=O)(=O)c1ccc(Cl)nc1. The van der Waals surface area contributed by atoms with Crippen LogP contribution in [0.5, 0.6) is 0 Å². The second-order valence-electron chi connectivity index (χ2n) is 3.55. The number of hydrogen-bond acceptors (Lipinski definition) is 4. The number of nitriles is 1. The van der Waals surface area contributed by atoms with Gasteiger partial charge in [0.1, 0.15) is 10.0 Å². The van der Waals surface area contributed by atoms with Crippen molar-refractivity contribution in [2.24, 2.45) is 0 Å². The van der Waals surface area contributed by atoms with Gasteiger partial charge in [0.25, 0.3) is 0 Å². The number of nitrogens with zero attached hydrogens (tertiary/aromatic N) is 3. The van der Waals surface area contributed by atoms with Gasteiger partial charge in [-0.1, -0.05) is 11.6 Å². The number of aromatic nitrogens is 1. The Morgan fingerprint density at radius 1 is 1.59 bits per heavy atom. The summed E-state index contributed by atoms with van der Waals surface area (Å²) in [6.07, 6.45) is 1.34. The third-order valence-corrected chi connectivity index (χ3v) is 4.56. The summed E-state index contributed by atoms with van der Waals surface area (Å²) in [7, 11) is -2.18. The van der Waals surface area contributed by atoms with Crippen LogP contribution >= 0.6 is 11.6 Å². The van der Waals surface area contributed by atoms with Gasteiger partial charge in [-0.05, 0) is 19.1 Å². The molecule has 1 rings (SSSR count). The van der Waals surface area contributed by atoms with Crippen LogP contribution in [0.4, 0.5) is 0 Å². The van der Waals surface area contributed by atoms with Gasteiger partial charge in [0.2, 0.25) is 10.0 Å². The molecule has 0 aromatic carbocycles. The first-order chi connectivity index (χ1) is 7.89. The molecule has 7 heteroatoms. The molecule has 1 unspecified atom stereocenters. The van der Waals surface area contributed by atoms with E-state index >= 15 is 0 Å². The molecule has 0 N–H and O–H groups in total. The van der Waals surface area contributed by atoms with Crippen molar-refractivity contribution >= 4 is 21.6 Å². The molecule has 0 aliphatic rings. The predicted molar refractivity (Wildman–Crippen MR) is 63.9 cm³/mol. The van der Waals surface area contributed by atoms with E-state index in [4.69, 9.17) is 16.9 Å². The zero-order valence-electron chi connectivity index (χ0n) is 9.46. The summed E-state index contributed by atoms with van der Waals surface area (Å²) in [5, 5.41) is 8.79. The van der Waals surface area contributed by atoms with Gasteiger partial charge in [0, 0.05) is 19.3 Å². The molecule has 0 fully saturated rings. The molecular weight excluding hydrogens is 262 g/mol. The summed E-state index contributed by atoms with van der Waals surface area (Å²) in [5.74, 6) is 0. The lowest BCUT2D eigenvalue weighted by atomic mass is 10.3. The van der Waals surface area contributed by atoms with Gasteiger partial charge in [0.05, 0.1) is 12.5 Å². The number of sulfonamides is 1. The molecule has 0 bridgehead atoms. The van der Waals surface area contributed by atoms with Crippen LogP contribution in [-0.2, 0) is 10.0 Å². The molecule has 1 atom stereocenters. The summed E-state index contributed by atoms with van der Waals surface area (Å²) in [4.78, 5) is 3.79. The Morgan fingerprint density at radius 2 is 2.24 bits per heavy atom. The van der Waals surface area contributed by atoms with Gasteiger partial charge < -0.3 is 0 Å². The minimum Gasteiger partial charge on any atom is -0.243 e. The Bertz CT molecular complexity index is 521. The summed E-state index contributed by atoms with van der Waals surface area (Å²) in [6.45, 7) is 1.67. The van der Waals surface area contributed by atoms with Crippen LogP contribution in [0.3, 0.4) is 0 Å². The van der Waals surface area contributed by atoms with Crippen molar-refractivity contribution in [3.05, 3.63) is 23.5 Å². The summed E-state index contributed by atoms with van der Waals surface area (Å²) in [5.41, 5.74) is 0. The molecule has 5 nitrogen and oxygen atoms in total. The average molecular weight is 274 g/mol. The van der Waals surface area contributed by atoms with E-state index < -0.39 is 10.0 Å². The smallest absolute Gasteiger partial charge is 0.243 e. The zero-order chi connectivity index (χ0) is 13.1. The van der Waals surface area contributed by atoms with Crippen molar-refractivity contribution in [3.63, 3.8) is 0 Å². The highest BCUT2D eigenvalue weighted by Gasteiger charge is 2.25. The highest BCUT2D eigenvalue weighted by Crippen LogP contribution is 2.18. The minimum atomic E-state index is -3.62. The Kier molecular flexibility index (Phi) is 4.46. The first-order valence-electron chi connectivity index (χ1n) is 4.86. The predicted octanol–water partition coefficient (Wildman–Crippen LogP) is 1.66. The maximum Gasteiger partial charge on any atom is 0.244 e. The molecule has 1 aromatic rings. The lowest BCUT2D eigenvalue weighted by Gasteiger charge is -2.22. The van der Waals surface area contributed by atoms with Crippen LogP contribution in [0, 0.1) is 11.3 Å². The highest BCUT2D eigenvalue weighted by molar-refractivity contribution is 7.89. The zero-order valence-corrected chi connectivity index (χ0v) is 11.0. The van der Waals surface area contributed by atoms with Crippen LogP contribution in [-0.4, -0.2) is 30.8 Å². The third-order valence-electron chi connectivity index (χ3n) is 2.38. The molecule has 0 saturated heterocycles. The van der Waals surface area contributed by atoms with Crippen molar-refractivity contribution in [1.82, 2.24) is 9.29 Å². The van der Waals surface area contributed by atoms with Crippen molar-refractivity contribution in [2.45, 2.75) is 24.3 Å². The van der Waals surface area contributed by atoms with E-state index in [-0.39, 0.29) is 22.5 Å². The molecule has 1 aromatic heterocycles. The van der Waals surface area contributed by atoms with E-state index in [2.05, 4.69) is 4.98 Å². The Hall–Kier alpha value is -1.16. The molecule has 1 heterocycles. The molecule has 0 radical (unpaired) electrons. The quantitative estimate of drug-likeness (QED) is 0.782. The maximum absolute atomic E-state index is 12.1. The van der Waals surface area contributed by atoms with Crippen molar-refractivity contribution in [3.8, 4) is 6.07 Å². The minimum absolute atomic E-state index is 0.0641. The van der Waals surface area contributed by atoms with Gasteiger partial charge >= 0.3 is 0 Å². The van der Waals surface area contributed by atoms with Crippen molar-refractivity contribution in [2.75, 3.05) is 7.05 Å². The number of pyridine rings is 1. The largest absolute Gasteiger partial charge is 0.244 e. The van der Waals surface area contributed by atoms with Crippen LogP contribution < -0.4 is 0 Å². The van der Waals surface area contributed by atoms with Gasteiger partial charge in [-0.2, -0.15) is 9.57 Å². The molecule has 0 amide bonds. The standard InChI is InChI=1S/C10H12ClN3O2S/c1-8(5-6-12)14(2)17(15,16)9-3-4-10(11)13-7-9/h3-4,7-8H,5H2,1-2H3. The van der Waals surface area contributed by atoms with E-state index in [1.807, 2.05) is 6.07 Å². The van der Waals surface area contributed by atoms with E-state index in [9.17, 15) is 8.42 Å². The summed E-state index contributed by atoms with van der Waals surface area (Å²) >= 11 is 5.59. The van der Waals surface area contributed by atoms with Gasteiger partial charge in [-0.25, -0.2) is 13.4 Å². The molecule has 0 spiro atoms. The normalized spacial score (nSPS) is 13.4. The average Bonchev–Trinajstić information content (AvgIpc) is 2.29. The van der Waals surface area contributed by atoms with E-state index in [0.717, 1.165) is 4.31 Å². The monoisotopic (exact) mass is 273 g/mol. The Balaban J connectivity index is 3.03. The fourth-order valence-corrected chi connectivity index (χ4v) is 2.60. The van der Waals surface area contributed by atoms with E-state index in [1.54, 1.807) is 6.92 Å². The first kappa shape index (κ1) is 13.9. The van der Waals surface area contributed by atoms with Crippen LogP contribution in [0.15, 0.2) is 23.2 Å². The van der Waals surface area contributed by atoms with Gasteiger partial charge in [-0.3, -0.25) is 0 Å². The highest BCUT2D eigenvalue weighted by atomic mass is 35.5. The molecular formula is C10H12ClN3O2S. The van der Waals surface area contributed by atoms with Crippen LogP contribution in [0.25, 0.3) is 0 Å². The maximum atomic E-state index is 12.1. The topological polar surface area (TPSA) is 74.1 Å². The molecule has 17 heavy (non-hydrogen) atoms. The summed E-state index contributed by atoms with van der Waals surface area (Å²) in [6, 6.07) is 4.35. The van der Waals surface area contributed by atoms with Gasteiger partial charge in [0.15, 0.2) is 0 Å². The van der Waals surface area contributed by atoms with Crippen molar-refractivity contribution in [1.29, 1.82) is 5.26 Å². The second kappa shape index (κ2) is 5.45. The fourth-order valence-electron chi connectivity index (χ4n) is 1.18. The molecule has 0 aliphatic carbocycles. The number of hydrogen-bond donors (Lipinski definition) is 0. The molecule has 0 aliphatic heterocycles. The Labute approximate surface area is 106 Å². The number of rotatable bonds is 4. The van der Waals surface area contributed by atoms with Crippen LogP contribution in [0.2, 0.25) is 5.15 Å². The first-order valence-corrected chi connectivity index (χ1v) is 6.68. The van der Waals surface area contributed by atoms with Gasteiger partial charge in [-0.15, -0.1) is 0 Å². The third kappa shape index (κ3) is 3.16. The Morgan fingerprint density at radius 3 is 2.71 bits per heavy atom.